The second kappa shape index (κ2) is 4.21. The molecule has 1 aromatic carbocycles. The Hall–Kier alpha value is -1.67. The third kappa shape index (κ3) is 1.93. The first kappa shape index (κ1) is 11.4. The fourth-order valence-corrected chi connectivity index (χ4v) is 2.74. The summed E-state index contributed by atoms with van der Waals surface area (Å²) in [4.78, 5) is 11.6. The molecule has 18 heavy (non-hydrogen) atoms. The molecule has 2 heteroatoms. The lowest BCUT2D eigenvalue weighted by molar-refractivity contribution is -0.117. The van der Waals surface area contributed by atoms with Crippen molar-refractivity contribution in [2.24, 2.45) is 5.92 Å². The quantitative estimate of drug-likeness (QED) is 0.754. The smallest absolute Gasteiger partial charge is 0.156 e. The molecule has 1 fully saturated rings. The van der Waals surface area contributed by atoms with Gasteiger partial charge in [0.1, 0.15) is 0 Å². The van der Waals surface area contributed by atoms with Gasteiger partial charge in [0.05, 0.1) is 12.2 Å². The van der Waals surface area contributed by atoms with Crippen molar-refractivity contribution in [2.45, 2.75) is 18.9 Å². The molecule has 0 spiro atoms. The average molecular weight is 240 g/mol. The fraction of sp³-hybridized carbons (Fsp3) is 0.312. The van der Waals surface area contributed by atoms with Gasteiger partial charge in [-0.05, 0) is 30.2 Å². The van der Waals surface area contributed by atoms with Crippen LogP contribution in [0.2, 0.25) is 0 Å². The molecule has 1 heterocycles. The zero-order valence-electron chi connectivity index (χ0n) is 10.4. The Balaban J connectivity index is 1.94. The van der Waals surface area contributed by atoms with E-state index in [0.29, 0.717) is 13.0 Å². The highest BCUT2D eigenvalue weighted by atomic mass is 16.5. The van der Waals surface area contributed by atoms with Gasteiger partial charge in [0.15, 0.2) is 5.78 Å². The molecule has 2 atom stereocenters. The van der Waals surface area contributed by atoms with Crippen LogP contribution >= 0.6 is 0 Å². The predicted molar refractivity (Wildman–Crippen MR) is 71.0 cm³/mol. The lowest BCUT2D eigenvalue weighted by Gasteiger charge is -2.29. The Morgan fingerprint density at radius 2 is 2.11 bits per heavy atom. The van der Waals surface area contributed by atoms with Gasteiger partial charge in [0.25, 0.3) is 0 Å². The Labute approximate surface area is 107 Å². The van der Waals surface area contributed by atoms with Gasteiger partial charge < -0.3 is 4.74 Å². The molecule has 92 valence electrons. The van der Waals surface area contributed by atoms with E-state index in [2.05, 4.69) is 25.1 Å². The van der Waals surface area contributed by atoms with Gasteiger partial charge in [0.2, 0.25) is 0 Å². The average Bonchev–Trinajstić information content (AvgIpc) is 2.69. The number of fused-ring (bicyclic) bond motifs is 1. The molecule has 2 nitrogen and oxygen atoms in total. The highest BCUT2D eigenvalue weighted by molar-refractivity contribution is 5.91. The van der Waals surface area contributed by atoms with Crippen LogP contribution in [0.25, 0.3) is 6.08 Å². The van der Waals surface area contributed by atoms with Crippen molar-refractivity contribution >= 4 is 11.9 Å². The summed E-state index contributed by atoms with van der Waals surface area (Å²) in [6.07, 6.45) is 6.28. The molecule has 1 aromatic rings. The Bertz CT molecular complexity index is 527. The van der Waals surface area contributed by atoms with Crippen LogP contribution < -0.4 is 0 Å². The van der Waals surface area contributed by atoms with Crippen molar-refractivity contribution in [3.63, 3.8) is 0 Å². The molecular formula is C16H16O2. The standard InChI is InChI=1S/C16H16O2/c1-16-8-7-14(17)10-15(16)13(11-18-16)9-12-5-3-2-4-6-12/h2-9,15H,10-11H2,1H3/b13-9-/t15-,16-/m1/s1. The van der Waals surface area contributed by atoms with E-state index in [1.54, 1.807) is 6.08 Å². The van der Waals surface area contributed by atoms with E-state index in [1.165, 1.54) is 11.1 Å². The second-order valence-electron chi connectivity index (χ2n) is 5.16. The molecule has 2 aliphatic rings. The van der Waals surface area contributed by atoms with E-state index in [4.69, 9.17) is 4.74 Å². The molecule has 0 amide bonds. The number of allylic oxidation sites excluding steroid dienone is 1. The minimum Gasteiger partial charge on any atom is -0.366 e. The summed E-state index contributed by atoms with van der Waals surface area (Å²) < 4.78 is 5.87. The number of carbonyl (C=O) groups is 1. The van der Waals surface area contributed by atoms with Crippen LogP contribution in [-0.4, -0.2) is 18.0 Å². The summed E-state index contributed by atoms with van der Waals surface area (Å²) in [7, 11) is 0. The van der Waals surface area contributed by atoms with Crippen molar-refractivity contribution in [1.82, 2.24) is 0 Å². The first-order valence-corrected chi connectivity index (χ1v) is 6.29. The molecule has 3 rings (SSSR count). The van der Waals surface area contributed by atoms with E-state index in [-0.39, 0.29) is 17.3 Å². The van der Waals surface area contributed by atoms with Gasteiger partial charge in [-0.25, -0.2) is 0 Å². The summed E-state index contributed by atoms with van der Waals surface area (Å²) in [6, 6.07) is 10.2. The molecule has 1 aliphatic carbocycles. The third-order valence-corrected chi connectivity index (χ3v) is 3.85. The third-order valence-electron chi connectivity index (χ3n) is 3.85. The number of ketones is 1. The van der Waals surface area contributed by atoms with E-state index >= 15 is 0 Å². The van der Waals surface area contributed by atoms with Crippen LogP contribution in [0, 0.1) is 5.92 Å². The van der Waals surface area contributed by atoms with Crippen LogP contribution in [0.3, 0.4) is 0 Å². The van der Waals surface area contributed by atoms with Crippen LogP contribution in [0.15, 0.2) is 48.1 Å². The lowest BCUT2D eigenvalue weighted by Crippen LogP contribution is -2.34. The maximum Gasteiger partial charge on any atom is 0.156 e. The maximum atomic E-state index is 11.6. The number of hydrogen-bond donors (Lipinski definition) is 0. The highest BCUT2D eigenvalue weighted by Crippen LogP contribution is 2.42. The Morgan fingerprint density at radius 1 is 1.33 bits per heavy atom. The van der Waals surface area contributed by atoms with Gasteiger partial charge in [-0.15, -0.1) is 0 Å². The van der Waals surface area contributed by atoms with E-state index < -0.39 is 0 Å². The molecule has 0 aromatic heterocycles. The first-order chi connectivity index (χ1) is 8.67. The van der Waals surface area contributed by atoms with Gasteiger partial charge in [-0.1, -0.05) is 36.4 Å². The second-order valence-corrected chi connectivity index (χ2v) is 5.16. The first-order valence-electron chi connectivity index (χ1n) is 6.29. The summed E-state index contributed by atoms with van der Waals surface area (Å²) >= 11 is 0. The molecule has 1 aliphatic heterocycles. The predicted octanol–water partition coefficient (Wildman–Crippen LogP) is 3.00. The number of hydrogen-bond acceptors (Lipinski definition) is 2. The maximum absolute atomic E-state index is 11.6. The van der Waals surface area contributed by atoms with Crippen molar-refractivity contribution in [2.75, 3.05) is 6.61 Å². The number of rotatable bonds is 1. The van der Waals surface area contributed by atoms with E-state index in [0.717, 1.165) is 0 Å². The fourth-order valence-electron chi connectivity index (χ4n) is 2.74. The van der Waals surface area contributed by atoms with Gasteiger partial charge in [-0.2, -0.15) is 0 Å². The van der Waals surface area contributed by atoms with Gasteiger partial charge in [-0.3, -0.25) is 4.79 Å². The zero-order valence-corrected chi connectivity index (χ0v) is 10.4. The SMILES string of the molecule is C[C@@]12C=CC(=O)C[C@@H]1/C(=C\c1ccccc1)CO2. The molecule has 0 unspecified atom stereocenters. The van der Waals surface area contributed by atoms with Crippen molar-refractivity contribution < 1.29 is 9.53 Å². The molecule has 1 saturated heterocycles. The topological polar surface area (TPSA) is 26.3 Å². The van der Waals surface area contributed by atoms with Crippen molar-refractivity contribution in [3.05, 3.63) is 53.6 Å². The lowest BCUT2D eigenvalue weighted by atomic mass is 9.78. The number of carbonyl (C=O) groups excluding carboxylic acids is 1. The zero-order chi connectivity index (χ0) is 12.6. The van der Waals surface area contributed by atoms with Crippen molar-refractivity contribution in [1.29, 1.82) is 0 Å². The summed E-state index contributed by atoms with van der Waals surface area (Å²) in [6.45, 7) is 2.68. The Morgan fingerprint density at radius 3 is 2.89 bits per heavy atom. The monoisotopic (exact) mass is 240 g/mol. The van der Waals surface area contributed by atoms with Crippen LogP contribution in [-0.2, 0) is 9.53 Å². The summed E-state index contributed by atoms with van der Waals surface area (Å²) in [5.74, 6) is 0.386. The minimum absolute atomic E-state index is 0.190. The molecular weight excluding hydrogens is 224 g/mol. The molecule has 0 bridgehead atoms. The van der Waals surface area contributed by atoms with E-state index in [1.807, 2.05) is 24.3 Å². The number of benzene rings is 1. The van der Waals surface area contributed by atoms with Crippen LogP contribution in [0.4, 0.5) is 0 Å². The highest BCUT2D eigenvalue weighted by Gasteiger charge is 2.44. The van der Waals surface area contributed by atoms with E-state index in [9.17, 15) is 4.79 Å². The Kier molecular flexibility index (Phi) is 2.67. The molecule has 0 radical (unpaired) electrons. The van der Waals surface area contributed by atoms with Gasteiger partial charge >= 0.3 is 0 Å². The number of ether oxygens (including phenoxy) is 1. The summed E-state index contributed by atoms with van der Waals surface area (Å²) in [5, 5.41) is 0. The normalized spacial score (nSPS) is 32.8. The van der Waals surface area contributed by atoms with Crippen LogP contribution in [0.1, 0.15) is 18.9 Å². The largest absolute Gasteiger partial charge is 0.366 e. The van der Waals surface area contributed by atoms with Crippen molar-refractivity contribution in [3.8, 4) is 0 Å². The summed E-state index contributed by atoms with van der Waals surface area (Å²) in [5.41, 5.74) is 2.10. The molecule has 0 saturated carbocycles. The van der Waals surface area contributed by atoms with Gasteiger partial charge in [0, 0.05) is 12.3 Å². The molecule has 0 N–H and O–H groups in total. The van der Waals surface area contributed by atoms with Crippen LogP contribution in [0.5, 0.6) is 0 Å². The minimum atomic E-state index is -0.297.